The minimum absolute atomic E-state index is 0.0810. The van der Waals surface area contributed by atoms with Crippen LogP contribution in [0.25, 0.3) is 0 Å². The second-order valence-corrected chi connectivity index (χ2v) is 2.98. The van der Waals surface area contributed by atoms with Gasteiger partial charge in [-0.05, 0) is 26.8 Å². The van der Waals surface area contributed by atoms with Crippen LogP contribution in [-0.4, -0.2) is 25.2 Å². The van der Waals surface area contributed by atoms with Crippen LogP contribution in [0, 0.1) is 4.91 Å². The quantitative estimate of drug-likeness (QED) is 0.470. The van der Waals surface area contributed by atoms with Gasteiger partial charge in [-0.25, -0.2) is 0 Å². The van der Waals surface area contributed by atoms with E-state index in [4.69, 9.17) is 10.6 Å². The SMILES string of the molecule is CC(C)ON=O.NC1CCNC1. The summed E-state index contributed by atoms with van der Waals surface area (Å²) in [4.78, 5) is 13.3. The molecule has 0 aromatic carbocycles. The van der Waals surface area contributed by atoms with Crippen molar-refractivity contribution in [3.05, 3.63) is 4.91 Å². The Balaban J connectivity index is 0.000000202. The van der Waals surface area contributed by atoms with E-state index >= 15 is 0 Å². The summed E-state index contributed by atoms with van der Waals surface area (Å²) in [6, 6.07) is 0.435. The monoisotopic (exact) mass is 175 g/mol. The van der Waals surface area contributed by atoms with Crippen molar-refractivity contribution >= 4 is 0 Å². The molecule has 1 aliphatic heterocycles. The first-order valence-electron chi connectivity index (χ1n) is 4.11. The highest BCUT2D eigenvalue weighted by molar-refractivity contribution is 4.72. The maximum atomic E-state index is 9.14. The molecule has 5 nitrogen and oxygen atoms in total. The molecule has 0 aromatic rings. The summed E-state index contributed by atoms with van der Waals surface area (Å²) in [5.74, 6) is 0. The predicted molar refractivity (Wildman–Crippen MR) is 47.5 cm³/mol. The molecule has 1 fully saturated rings. The number of nitrogens with zero attached hydrogens (tertiary/aromatic N) is 1. The molecular formula is C7H17N3O2. The van der Waals surface area contributed by atoms with Gasteiger partial charge in [0, 0.05) is 12.6 Å². The van der Waals surface area contributed by atoms with Gasteiger partial charge in [0.1, 0.15) is 6.10 Å². The minimum atomic E-state index is -0.0810. The van der Waals surface area contributed by atoms with Crippen LogP contribution in [0.4, 0.5) is 0 Å². The van der Waals surface area contributed by atoms with Crippen LogP contribution < -0.4 is 11.1 Å². The molecule has 0 aliphatic carbocycles. The van der Waals surface area contributed by atoms with Crippen LogP contribution in [0.2, 0.25) is 0 Å². The average molecular weight is 175 g/mol. The summed E-state index contributed by atoms with van der Waals surface area (Å²) in [5, 5.41) is 5.33. The second kappa shape index (κ2) is 7.00. The smallest absolute Gasteiger partial charge is 0.155 e. The Morgan fingerprint density at radius 3 is 2.42 bits per heavy atom. The van der Waals surface area contributed by atoms with Crippen LogP contribution in [-0.2, 0) is 4.84 Å². The van der Waals surface area contributed by atoms with Crippen molar-refractivity contribution in [1.82, 2.24) is 5.32 Å². The van der Waals surface area contributed by atoms with E-state index in [0.29, 0.717) is 6.04 Å². The largest absolute Gasteiger partial charge is 0.361 e. The molecule has 1 heterocycles. The van der Waals surface area contributed by atoms with Gasteiger partial charge in [-0.2, -0.15) is 0 Å². The van der Waals surface area contributed by atoms with E-state index < -0.39 is 0 Å². The fraction of sp³-hybridized carbons (Fsp3) is 1.00. The highest BCUT2D eigenvalue weighted by Gasteiger charge is 2.06. The molecule has 72 valence electrons. The standard InChI is InChI=1S/C4H10N2.C3H7NO2/c5-4-1-2-6-3-4;1-3(2)6-4-5/h4,6H,1-3,5H2;3H,1-2H3. The Hall–Kier alpha value is -0.680. The summed E-state index contributed by atoms with van der Waals surface area (Å²) in [6.45, 7) is 5.60. The molecule has 0 amide bonds. The van der Waals surface area contributed by atoms with E-state index in [0.717, 1.165) is 19.5 Å². The molecule has 5 heteroatoms. The molecule has 1 saturated heterocycles. The maximum absolute atomic E-state index is 9.14. The molecule has 12 heavy (non-hydrogen) atoms. The Labute approximate surface area is 72.6 Å². The highest BCUT2D eigenvalue weighted by atomic mass is 16.7. The first-order chi connectivity index (χ1) is 5.66. The van der Waals surface area contributed by atoms with E-state index in [9.17, 15) is 0 Å². The maximum Gasteiger partial charge on any atom is 0.155 e. The Bertz CT molecular complexity index is 113. The van der Waals surface area contributed by atoms with E-state index in [1.165, 1.54) is 0 Å². The zero-order valence-corrected chi connectivity index (χ0v) is 7.62. The Morgan fingerprint density at radius 1 is 1.67 bits per heavy atom. The van der Waals surface area contributed by atoms with Crippen molar-refractivity contribution < 1.29 is 4.84 Å². The molecule has 1 aliphatic rings. The molecule has 0 saturated carbocycles. The fourth-order valence-electron chi connectivity index (χ4n) is 0.763. The van der Waals surface area contributed by atoms with Crippen molar-refractivity contribution in [2.75, 3.05) is 13.1 Å². The number of hydrogen-bond donors (Lipinski definition) is 2. The third-order valence-electron chi connectivity index (χ3n) is 1.35. The molecule has 0 aromatic heterocycles. The van der Waals surface area contributed by atoms with Crippen LogP contribution >= 0.6 is 0 Å². The lowest BCUT2D eigenvalue weighted by Gasteiger charge is -1.92. The predicted octanol–water partition coefficient (Wildman–Crippen LogP) is 0.400. The number of nitrogens with one attached hydrogen (secondary N) is 1. The average Bonchev–Trinajstić information content (AvgIpc) is 2.40. The summed E-state index contributed by atoms with van der Waals surface area (Å²) < 4.78 is 0. The van der Waals surface area contributed by atoms with E-state index in [1.807, 2.05) is 0 Å². The number of rotatable bonds is 2. The van der Waals surface area contributed by atoms with Gasteiger partial charge < -0.3 is 15.9 Å². The first kappa shape index (κ1) is 11.3. The zero-order chi connectivity index (χ0) is 9.40. The molecule has 3 N–H and O–H groups in total. The van der Waals surface area contributed by atoms with Crippen LogP contribution in [0.15, 0.2) is 5.34 Å². The molecule has 0 bridgehead atoms. The molecule has 1 rings (SSSR count). The molecule has 0 radical (unpaired) electrons. The molecular weight excluding hydrogens is 158 g/mol. The number of hydrogen-bond acceptors (Lipinski definition) is 5. The van der Waals surface area contributed by atoms with E-state index in [2.05, 4.69) is 15.5 Å². The van der Waals surface area contributed by atoms with Gasteiger partial charge >= 0.3 is 0 Å². The van der Waals surface area contributed by atoms with Crippen molar-refractivity contribution in [1.29, 1.82) is 0 Å². The lowest BCUT2D eigenvalue weighted by Crippen LogP contribution is -2.21. The van der Waals surface area contributed by atoms with Gasteiger partial charge in [0.2, 0.25) is 0 Å². The first-order valence-corrected chi connectivity index (χ1v) is 4.11. The normalized spacial score (nSPS) is 21.5. The van der Waals surface area contributed by atoms with Crippen molar-refractivity contribution in [2.24, 2.45) is 11.1 Å². The second-order valence-electron chi connectivity index (χ2n) is 2.98. The topological polar surface area (TPSA) is 76.7 Å². The van der Waals surface area contributed by atoms with Gasteiger partial charge in [-0.15, -0.1) is 4.91 Å². The van der Waals surface area contributed by atoms with Crippen molar-refractivity contribution in [3.63, 3.8) is 0 Å². The molecule has 1 unspecified atom stereocenters. The van der Waals surface area contributed by atoms with Gasteiger partial charge in [0.15, 0.2) is 5.34 Å². The summed E-state index contributed by atoms with van der Waals surface area (Å²) in [7, 11) is 0. The van der Waals surface area contributed by atoms with Crippen molar-refractivity contribution in [3.8, 4) is 0 Å². The minimum Gasteiger partial charge on any atom is -0.361 e. The van der Waals surface area contributed by atoms with Gasteiger partial charge in [0.25, 0.3) is 0 Å². The number of nitrogens with two attached hydrogens (primary N) is 1. The lowest BCUT2D eigenvalue weighted by molar-refractivity contribution is 0.0819. The van der Waals surface area contributed by atoms with Gasteiger partial charge in [0.05, 0.1) is 0 Å². The summed E-state index contributed by atoms with van der Waals surface area (Å²) in [6.07, 6.45) is 1.07. The third-order valence-corrected chi connectivity index (χ3v) is 1.35. The summed E-state index contributed by atoms with van der Waals surface area (Å²) >= 11 is 0. The van der Waals surface area contributed by atoms with Gasteiger partial charge in [-0.3, -0.25) is 0 Å². The molecule has 0 spiro atoms. The molecule has 1 atom stereocenters. The zero-order valence-electron chi connectivity index (χ0n) is 7.62. The van der Waals surface area contributed by atoms with Crippen LogP contribution in [0.3, 0.4) is 0 Å². The Morgan fingerprint density at radius 2 is 2.33 bits per heavy atom. The van der Waals surface area contributed by atoms with Crippen LogP contribution in [0.5, 0.6) is 0 Å². The summed E-state index contributed by atoms with van der Waals surface area (Å²) in [5.41, 5.74) is 5.47. The van der Waals surface area contributed by atoms with E-state index in [-0.39, 0.29) is 6.10 Å². The van der Waals surface area contributed by atoms with Gasteiger partial charge in [-0.1, -0.05) is 0 Å². The van der Waals surface area contributed by atoms with E-state index in [1.54, 1.807) is 13.8 Å². The fourth-order valence-corrected chi connectivity index (χ4v) is 0.763. The van der Waals surface area contributed by atoms with Crippen LogP contribution in [0.1, 0.15) is 20.3 Å². The third kappa shape index (κ3) is 7.43. The van der Waals surface area contributed by atoms with Crippen molar-refractivity contribution in [2.45, 2.75) is 32.4 Å². The highest BCUT2D eigenvalue weighted by Crippen LogP contribution is 1.90. The Kier molecular flexibility index (Phi) is 6.60. The lowest BCUT2D eigenvalue weighted by atomic mass is 10.3.